The highest BCUT2D eigenvalue weighted by atomic mass is 79.9. The van der Waals surface area contributed by atoms with Crippen LogP contribution in [0.3, 0.4) is 0 Å². The van der Waals surface area contributed by atoms with Gasteiger partial charge in [-0.2, -0.15) is 5.10 Å². The van der Waals surface area contributed by atoms with Gasteiger partial charge in [-0.3, -0.25) is 9.67 Å². The second kappa shape index (κ2) is 14.0. The minimum Gasteiger partial charge on any atom is -0.495 e. The third kappa shape index (κ3) is 6.72. The molecule has 0 spiro atoms. The van der Waals surface area contributed by atoms with Crippen LogP contribution in [0.2, 0.25) is 5.04 Å². The van der Waals surface area contributed by atoms with E-state index in [0.717, 1.165) is 40.5 Å². The summed E-state index contributed by atoms with van der Waals surface area (Å²) in [5.41, 5.74) is 2.30. The number of aromatic nitrogens is 5. The predicted octanol–water partition coefficient (Wildman–Crippen LogP) is 6.39. The topological polar surface area (TPSA) is 87.0 Å². The first-order chi connectivity index (χ1) is 21.3. The highest BCUT2D eigenvalue weighted by Gasteiger charge is 2.50. The average Bonchev–Trinajstić information content (AvgIpc) is 3.44. The van der Waals surface area contributed by atoms with Crippen molar-refractivity contribution in [1.29, 1.82) is 0 Å². The number of fused-ring (bicyclic) bond motifs is 1. The zero-order valence-electron chi connectivity index (χ0n) is 26.0. The van der Waals surface area contributed by atoms with E-state index in [-0.39, 0.29) is 11.1 Å². The Bertz CT molecular complexity index is 1620. The van der Waals surface area contributed by atoms with Gasteiger partial charge in [0.15, 0.2) is 5.82 Å². The van der Waals surface area contributed by atoms with Crippen LogP contribution < -0.4 is 20.4 Å². The maximum Gasteiger partial charge on any atom is 0.261 e. The van der Waals surface area contributed by atoms with Crippen LogP contribution in [0.4, 0.5) is 5.82 Å². The van der Waals surface area contributed by atoms with E-state index in [1.54, 1.807) is 19.5 Å². The fourth-order valence-corrected chi connectivity index (χ4v) is 10.8. The highest BCUT2D eigenvalue weighted by Crippen LogP contribution is 2.37. The van der Waals surface area contributed by atoms with Crippen LogP contribution >= 0.6 is 15.9 Å². The quantitative estimate of drug-likeness (QED) is 0.145. The molecule has 0 unspecified atom stereocenters. The van der Waals surface area contributed by atoms with Crippen molar-refractivity contribution in [2.24, 2.45) is 0 Å². The van der Waals surface area contributed by atoms with Gasteiger partial charge in [0.05, 0.1) is 19.9 Å². The number of hydrogen-bond donors (Lipinski definition) is 1. The van der Waals surface area contributed by atoms with Gasteiger partial charge in [-0.05, 0) is 50.2 Å². The van der Waals surface area contributed by atoms with Gasteiger partial charge in [-0.25, -0.2) is 9.97 Å². The molecular weight excluding hydrogens is 632 g/mol. The maximum atomic E-state index is 7.21. The first kappa shape index (κ1) is 31.8. The van der Waals surface area contributed by atoms with Crippen molar-refractivity contribution in [3.05, 3.63) is 95.6 Å². The molecule has 0 aliphatic rings. The number of rotatable bonds is 13. The van der Waals surface area contributed by atoms with Crippen molar-refractivity contribution in [1.82, 2.24) is 24.7 Å². The second-order valence-electron chi connectivity index (χ2n) is 11.9. The van der Waals surface area contributed by atoms with E-state index in [4.69, 9.17) is 9.16 Å². The molecular formula is C34H40BrN6O2Si. The molecule has 5 aromatic rings. The van der Waals surface area contributed by atoms with E-state index in [1.807, 2.05) is 10.7 Å². The summed E-state index contributed by atoms with van der Waals surface area (Å²) in [6.45, 7) is 10.2. The van der Waals surface area contributed by atoms with E-state index < -0.39 is 8.32 Å². The van der Waals surface area contributed by atoms with Gasteiger partial charge < -0.3 is 14.5 Å². The van der Waals surface area contributed by atoms with Crippen LogP contribution in [0.25, 0.3) is 11.0 Å². The number of nitrogens with zero attached hydrogens (tertiary/aromatic N) is 5. The molecule has 229 valence electrons. The number of methoxy groups -OCH3 is 1. The van der Waals surface area contributed by atoms with Crippen LogP contribution in [0.5, 0.6) is 5.75 Å². The van der Waals surface area contributed by atoms with E-state index in [0.29, 0.717) is 24.7 Å². The Morgan fingerprint density at radius 3 is 2.27 bits per heavy atom. The summed E-state index contributed by atoms with van der Waals surface area (Å²) in [4.78, 5) is 13.5. The van der Waals surface area contributed by atoms with E-state index in [2.05, 4.69) is 136 Å². The smallest absolute Gasteiger partial charge is 0.261 e. The van der Waals surface area contributed by atoms with Gasteiger partial charge in [-0.15, -0.1) is 0 Å². The lowest BCUT2D eigenvalue weighted by molar-refractivity contribution is 0.281. The molecule has 1 N–H and O–H groups in total. The van der Waals surface area contributed by atoms with Gasteiger partial charge in [0.2, 0.25) is 6.33 Å². The number of halogens is 1. The average molecular weight is 673 g/mol. The minimum absolute atomic E-state index is 0.0776. The van der Waals surface area contributed by atoms with Crippen molar-refractivity contribution in [2.75, 3.05) is 19.0 Å². The summed E-state index contributed by atoms with van der Waals surface area (Å²) in [5.74, 6) is 1.39. The van der Waals surface area contributed by atoms with Crippen LogP contribution in [-0.2, 0) is 11.0 Å². The van der Waals surface area contributed by atoms with E-state index in [1.165, 1.54) is 10.4 Å². The zero-order chi connectivity index (χ0) is 31.2. The van der Waals surface area contributed by atoms with Crippen LogP contribution in [0.15, 0.2) is 83.6 Å². The van der Waals surface area contributed by atoms with Crippen molar-refractivity contribution in [2.45, 2.75) is 64.6 Å². The van der Waals surface area contributed by atoms with Crippen LogP contribution in [-0.4, -0.2) is 52.8 Å². The van der Waals surface area contributed by atoms with Gasteiger partial charge >= 0.3 is 0 Å². The minimum atomic E-state index is -2.63. The molecule has 1 atom stereocenters. The Labute approximate surface area is 269 Å². The first-order valence-electron chi connectivity index (χ1n) is 15.1. The molecule has 0 fully saturated rings. The molecule has 0 bridgehead atoms. The number of anilines is 1. The summed E-state index contributed by atoms with van der Waals surface area (Å²) in [5, 5.41) is 10.8. The van der Waals surface area contributed by atoms with E-state index in [9.17, 15) is 0 Å². The number of benzene rings is 2. The summed E-state index contributed by atoms with van der Waals surface area (Å²) in [7, 11) is -0.983. The van der Waals surface area contributed by atoms with E-state index >= 15 is 0 Å². The molecule has 44 heavy (non-hydrogen) atoms. The lowest BCUT2D eigenvalue weighted by Gasteiger charge is -2.43. The molecule has 0 saturated heterocycles. The molecule has 3 heterocycles. The summed E-state index contributed by atoms with van der Waals surface area (Å²) in [6.07, 6.45) is 9.12. The van der Waals surface area contributed by atoms with Crippen molar-refractivity contribution < 1.29 is 9.16 Å². The Balaban J connectivity index is 1.41. The van der Waals surface area contributed by atoms with Gasteiger partial charge in [0, 0.05) is 23.3 Å². The molecule has 3 aromatic heterocycles. The molecule has 0 aliphatic heterocycles. The molecule has 0 saturated carbocycles. The summed E-state index contributed by atoms with van der Waals surface area (Å²) in [6, 6.07) is 23.6. The first-order valence-corrected chi connectivity index (χ1v) is 17.8. The molecule has 0 amide bonds. The lowest BCUT2D eigenvalue weighted by atomic mass is 10.1. The number of hydrogen-bond acceptors (Lipinski definition) is 7. The van der Waals surface area contributed by atoms with Crippen molar-refractivity contribution >= 4 is 51.5 Å². The Hall–Kier alpha value is -3.60. The molecule has 0 aliphatic carbocycles. The Kier molecular flexibility index (Phi) is 10.1. The summed E-state index contributed by atoms with van der Waals surface area (Å²) >= 11 is 3.47. The molecule has 10 heteroatoms. The third-order valence-electron chi connectivity index (χ3n) is 7.97. The fraction of sp³-hybridized carbons (Fsp3) is 0.353. The number of nitrogens with one attached hydrogen (secondary N) is 1. The van der Waals surface area contributed by atoms with Gasteiger partial charge in [-0.1, -0.05) is 94.8 Å². The van der Waals surface area contributed by atoms with Crippen molar-refractivity contribution in [3.63, 3.8) is 0 Å². The largest absolute Gasteiger partial charge is 0.495 e. The molecule has 5 rings (SSSR count). The summed E-state index contributed by atoms with van der Waals surface area (Å²) < 4.78 is 15.5. The van der Waals surface area contributed by atoms with Crippen LogP contribution in [0, 0.1) is 6.33 Å². The zero-order valence-corrected chi connectivity index (χ0v) is 28.6. The standard InChI is InChI=1S/C34H40BrN6O2Si/c1-6-13-26(18-19-43-44(34(2,3)4,27-14-9-7-10-15-27)28-16-11-8-12-17-28)40-33-32-29(37-24-38-33)22-39-41(32)23-30-31(42-5)20-25(35)21-36-30/h7-12,14-17,20-22,26H,6,13,18-19,23H2,1-5H3,(H,37,38,40)/t26-/m0/s1. The predicted molar refractivity (Wildman–Crippen MR) is 182 cm³/mol. The monoisotopic (exact) mass is 671 g/mol. The Morgan fingerprint density at radius 2 is 1.66 bits per heavy atom. The van der Waals surface area contributed by atoms with Gasteiger partial charge in [0.1, 0.15) is 22.5 Å². The lowest BCUT2D eigenvalue weighted by Crippen LogP contribution is -2.66. The fourth-order valence-electron chi connectivity index (χ4n) is 5.94. The molecule has 8 nitrogen and oxygen atoms in total. The highest BCUT2D eigenvalue weighted by molar-refractivity contribution is 9.10. The van der Waals surface area contributed by atoms with Crippen LogP contribution in [0.1, 0.15) is 52.7 Å². The SMILES string of the molecule is CCC[C@@H](CCO[Si](c1ccccc1)(c1ccccc1)C(C)(C)C)Nc1n[c]nc2cnn(Cc3ncc(Br)cc3OC)c12. The van der Waals surface area contributed by atoms with Crippen molar-refractivity contribution in [3.8, 4) is 5.75 Å². The second-order valence-corrected chi connectivity index (χ2v) is 17.2. The third-order valence-corrected chi connectivity index (χ3v) is 13.4. The number of ether oxygens (including phenoxy) is 1. The molecule has 1 radical (unpaired) electrons. The Morgan fingerprint density at radius 1 is 0.977 bits per heavy atom. The maximum absolute atomic E-state index is 7.21. The number of pyridine rings is 1. The normalized spacial score (nSPS) is 12.8. The van der Waals surface area contributed by atoms with Gasteiger partial charge in [0.25, 0.3) is 8.32 Å². The molecule has 2 aromatic carbocycles.